The third kappa shape index (κ3) is 3.49. The molecule has 7 heteroatoms. The van der Waals surface area contributed by atoms with E-state index in [1.807, 2.05) is 22.7 Å². The standard InChI is InChI=1S/C14H15ClN2O2S2/c15-9-1-2-11-10(7-9)16-14(19)12(21-11)8-13(18)17-3-5-20-6-4-17/h1-2,7,12H,3-6,8H2,(H,16,19)/t12-/m0/s1. The fourth-order valence-corrected chi connectivity index (χ4v) is 4.51. The smallest absolute Gasteiger partial charge is 0.238 e. The van der Waals surface area contributed by atoms with Crippen LogP contribution in [0.5, 0.6) is 0 Å². The van der Waals surface area contributed by atoms with Gasteiger partial charge in [0.05, 0.1) is 10.9 Å². The summed E-state index contributed by atoms with van der Waals surface area (Å²) in [5.41, 5.74) is 0.732. The highest BCUT2D eigenvalue weighted by Crippen LogP contribution is 2.38. The number of fused-ring (bicyclic) bond motifs is 1. The quantitative estimate of drug-likeness (QED) is 0.897. The Kier molecular flexibility index (Phi) is 4.66. The molecule has 2 heterocycles. The minimum atomic E-state index is -0.360. The van der Waals surface area contributed by atoms with Gasteiger partial charge in [-0.15, -0.1) is 11.8 Å². The van der Waals surface area contributed by atoms with Crippen molar-refractivity contribution in [1.29, 1.82) is 0 Å². The monoisotopic (exact) mass is 342 g/mol. The Bertz CT molecular complexity index is 576. The molecule has 2 amide bonds. The number of anilines is 1. The van der Waals surface area contributed by atoms with Gasteiger partial charge in [0, 0.05) is 40.9 Å². The molecule has 0 bridgehead atoms. The van der Waals surface area contributed by atoms with Crippen molar-refractivity contribution in [2.24, 2.45) is 0 Å². The molecule has 1 fully saturated rings. The first kappa shape index (κ1) is 15.1. The Morgan fingerprint density at radius 1 is 1.38 bits per heavy atom. The topological polar surface area (TPSA) is 49.4 Å². The number of thioether (sulfide) groups is 2. The lowest BCUT2D eigenvalue weighted by atomic mass is 10.2. The summed E-state index contributed by atoms with van der Waals surface area (Å²) in [5.74, 6) is 1.92. The molecule has 0 unspecified atom stereocenters. The summed E-state index contributed by atoms with van der Waals surface area (Å²) in [6, 6.07) is 5.42. The van der Waals surface area contributed by atoms with Crippen LogP contribution in [0.25, 0.3) is 0 Å². The number of nitrogens with zero attached hydrogens (tertiary/aromatic N) is 1. The highest BCUT2D eigenvalue weighted by atomic mass is 35.5. The van der Waals surface area contributed by atoms with Gasteiger partial charge < -0.3 is 10.2 Å². The van der Waals surface area contributed by atoms with Crippen LogP contribution in [0.15, 0.2) is 23.1 Å². The van der Waals surface area contributed by atoms with Crippen LogP contribution >= 0.6 is 35.1 Å². The van der Waals surface area contributed by atoms with Gasteiger partial charge in [0.1, 0.15) is 0 Å². The van der Waals surface area contributed by atoms with Gasteiger partial charge in [-0.25, -0.2) is 0 Å². The number of benzene rings is 1. The first-order chi connectivity index (χ1) is 10.1. The number of carbonyl (C=O) groups is 2. The number of rotatable bonds is 2. The number of hydrogen-bond acceptors (Lipinski definition) is 4. The molecule has 1 atom stereocenters. The summed E-state index contributed by atoms with van der Waals surface area (Å²) < 4.78 is 0. The molecule has 0 radical (unpaired) electrons. The van der Waals surface area contributed by atoms with Crippen LogP contribution in [0.3, 0.4) is 0 Å². The molecule has 0 spiro atoms. The molecule has 112 valence electrons. The Hall–Kier alpha value is -0.850. The Morgan fingerprint density at radius 3 is 2.90 bits per heavy atom. The average molecular weight is 343 g/mol. The third-order valence-electron chi connectivity index (χ3n) is 3.48. The van der Waals surface area contributed by atoms with Crippen molar-refractivity contribution < 1.29 is 9.59 Å². The molecule has 3 rings (SSSR count). The zero-order valence-electron chi connectivity index (χ0n) is 11.3. The van der Waals surface area contributed by atoms with Gasteiger partial charge in [-0.1, -0.05) is 11.6 Å². The van der Waals surface area contributed by atoms with Gasteiger partial charge >= 0.3 is 0 Å². The van der Waals surface area contributed by atoms with Crippen molar-refractivity contribution in [1.82, 2.24) is 4.90 Å². The van der Waals surface area contributed by atoms with Crippen molar-refractivity contribution in [3.05, 3.63) is 23.2 Å². The van der Waals surface area contributed by atoms with Gasteiger partial charge in [-0.05, 0) is 18.2 Å². The minimum Gasteiger partial charge on any atom is -0.341 e. The summed E-state index contributed by atoms with van der Waals surface area (Å²) in [6.07, 6.45) is 0.253. The predicted octanol–water partition coefficient (Wildman–Crippen LogP) is 2.72. The van der Waals surface area contributed by atoms with E-state index in [1.165, 1.54) is 11.8 Å². The molecule has 2 aliphatic heterocycles. The van der Waals surface area contributed by atoms with Crippen LogP contribution in [0.2, 0.25) is 5.02 Å². The van der Waals surface area contributed by atoms with Crippen LogP contribution in [-0.4, -0.2) is 46.6 Å². The van der Waals surface area contributed by atoms with Crippen molar-refractivity contribution >= 4 is 52.6 Å². The zero-order valence-corrected chi connectivity index (χ0v) is 13.7. The van der Waals surface area contributed by atoms with Crippen LogP contribution in [0.4, 0.5) is 5.69 Å². The number of carbonyl (C=O) groups excluding carboxylic acids is 2. The van der Waals surface area contributed by atoms with Gasteiger partial charge in [-0.3, -0.25) is 9.59 Å². The highest BCUT2D eigenvalue weighted by Gasteiger charge is 2.31. The molecule has 4 nitrogen and oxygen atoms in total. The van der Waals surface area contributed by atoms with E-state index < -0.39 is 0 Å². The van der Waals surface area contributed by atoms with Crippen molar-refractivity contribution in [3.63, 3.8) is 0 Å². The first-order valence-corrected chi connectivity index (χ1v) is 9.17. The zero-order chi connectivity index (χ0) is 14.8. The lowest BCUT2D eigenvalue weighted by Gasteiger charge is -2.29. The molecule has 0 aromatic heterocycles. The lowest BCUT2D eigenvalue weighted by molar-refractivity contribution is -0.132. The van der Waals surface area contributed by atoms with Gasteiger partial charge in [0.15, 0.2) is 0 Å². The summed E-state index contributed by atoms with van der Waals surface area (Å²) in [6.45, 7) is 1.57. The predicted molar refractivity (Wildman–Crippen MR) is 88.2 cm³/mol. The summed E-state index contributed by atoms with van der Waals surface area (Å²) in [7, 11) is 0. The number of halogens is 1. The van der Waals surface area contributed by atoms with Crippen LogP contribution in [0.1, 0.15) is 6.42 Å². The maximum atomic E-state index is 12.3. The first-order valence-electron chi connectivity index (χ1n) is 6.76. The van der Waals surface area contributed by atoms with Gasteiger partial charge in [0.25, 0.3) is 0 Å². The average Bonchev–Trinajstić information content (AvgIpc) is 2.49. The third-order valence-corrected chi connectivity index (χ3v) is 5.94. The van der Waals surface area contributed by atoms with Crippen molar-refractivity contribution in [2.45, 2.75) is 16.6 Å². The Labute approximate surface area is 137 Å². The molecule has 1 N–H and O–H groups in total. The molecule has 1 saturated heterocycles. The Balaban J connectivity index is 1.67. The number of amides is 2. The SMILES string of the molecule is O=C1Nc2cc(Cl)ccc2S[C@H]1CC(=O)N1CCSCC1. The second-order valence-electron chi connectivity index (χ2n) is 4.93. The normalized spacial score (nSPS) is 21.7. The molecule has 0 saturated carbocycles. The van der Waals surface area contributed by atoms with Crippen molar-refractivity contribution in [3.8, 4) is 0 Å². The molecule has 0 aliphatic carbocycles. The molecule has 1 aromatic rings. The van der Waals surface area contributed by atoms with E-state index >= 15 is 0 Å². The van der Waals surface area contributed by atoms with Gasteiger partial charge in [-0.2, -0.15) is 11.8 Å². The second kappa shape index (κ2) is 6.50. The van der Waals surface area contributed by atoms with E-state index in [9.17, 15) is 9.59 Å². The van der Waals surface area contributed by atoms with E-state index in [0.717, 1.165) is 35.2 Å². The largest absolute Gasteiger partial charge is 0.341 e. The Morgan fingerprint density at radius 2 is 2.14 bits per heavy atom. The number of nitrogens with one attached hydrogen (secondary N) is 1. The van der Waals surface area contributed by atoms with E-state index in [0.29, 0.717) is 5.02 Å². The van der Waals surface area contributed by atoms with Crippen LogP contribution in [0, 0.1) is 0 Å². The summed E-state index contributed by atoms with van der Waals surface area (Å²) in [5, 5.41) is 3.07. The molecular weight excluding hydrogens is 328 g/mol. The number of hydrogen-bond donors (Lipinski definition) is 1. The van der Waals surface area contributed by atoms with E-state index in [-0.39, 0.29) is 23.5 Å². The highest BCUT2D eigenvalue weighted by molar-refractivity contribution is 8.01. The summed E-state index contributed by atoms with van der Waals surface area (Å²) >= 11 is 9.23. The van der Waals surface area contributed by atoms with E-state index in [1.54, 1.807) is 12.1 Å². The lowest BCUT2D eigenvalue weighted by Crippen LogP contribution is -2.41. The van der Waals surface area contributed by atoms with E-state index in [4.69, 9.17) is 11.6 Å². The molecule has 21 heavy (non-hydrogen) atoms. The molecular formula is C14H15ClN2O2S2. The molecule has 2 aliphatic rings. The van der Waals surface area contributed by atoms with E-state index in [2.05, 4.69) is 5.32 Å². The van der Waals surface area contributed by atoms with Crippen LogP contribution in [-0.2, 0) is 9.59 Å². The fraction of sp³-hybridized carbons (Fsp3) is 0.429. The van der Waals surface area contributed by atoms with Crippen LogP contribution < -0.4 is 5.32 Å². The second-order valence-corrected chi connectivity index (χ2v) is 7.84. The maximum Gasteiger partial charge on any atom is 0.238 e. The van der Waals surface area contributed by atoms with Gasteiger partial charge in [0.2, 0.25) is 11.8 Å². The van der Waals surface area contributed by atoms with Crippen molar-refractivity contribution in [2.75, 3.05) is 29.9 Å². The maximum absolute atomic E-state index is 12.3. The minimum absolute atomic E-state index is 0.0698. The molecule has 1 aromatic carbocycles. The fourth-order valence-electron chi connectivity index (χ4n) is 2.36. The summed E-state index contributed by atoms with van der Waals surface area (Å²) in [4.78, 5) is 27.2.